The fraction of sp³-hybridized carbons (Fsp3) is 0.538. The molecule has 0 bridgehead atoms. The molecule has 1 aliphatic heterocycles. The van der Waals surface area contributed by atoms with Crippen LogP contribution in [-0.4, -0.2) is 24.6 Å². The molecule has 0 radical (unpaired) electrons. The zero-order valence-corrected chi connectivity index (χ0v) is 11.8. The van der Waals surface area contributed by atoms with E-state index in [2.05, 4.69) is 11.8 Å². The first-order valence-electron chi connectivity index (χ1n) is 6.33. The molecule has 0 spiro atoms. The molecule has 104 valence electrons. The number of nitro groups is 1. The monoisotopic (exact) mass is 284 g/mol. The molecular weight excluding hydrogens is 268 g/mol. The number of piperidine rings is 1. The molecule has 2 rings (SSSR count). The molecule has 1 aromatic carbocycles. The predicted molar refractivity (Wildman–Crippen MR) is 75.3 cm³/mol. The van der Waals surface area contributed by atoms with Gasteiger partial charge in [-0.2, -0.15) is 0 Å². The van der Waals surface area contributed by atoms with Crippen molar-refractivity contribution in [3.05, 3.63) is 27.3 Å². The predicted octanol–water partition coefficient (Wildman–Crippen LogP) is 3.64. The van der Waals surface area contributed by atoms with Crippen LogP contribution in [0.25, 0.3) is 0 Å². The highest BCUT2D eigenvalue weighted by atomic mass is 35.5. The Morgan fingerprint density at radius 2 is 2.21 bits per heavy atom. The number of anilines is 1. The van der Waals surface area contributed by atoms with Crippen molar-refractivity contribution >= 4 is 23.0 Å². The molecule has 19 heavy (non-hydrogen) atoms. The molecule has 1 saturated heterocycles. The zero-order valence-electron chi connectivity index (χ0n) is 11.1. The van der Waals surface area contributed by atoms with E-state index in [1.807, 2.05) is 0 Å². The Kier molecular flexibility index (Phi) is 4.14. The van der Waals surface area contributed by atoms with E-state index in [1.165, 1.54) is 25.7 Å². The van der Waals surface area contributed by atoms with Gasteiger partial charge in [-0.25, -0.2) is 0 Å². The number of rotatable bonds is 3. The van der Waals surface area contributed by atoms with Crippen LogP contribution in [0.1, 0.15) is 26.2 Å². The summed E-state index contributed by atoms with van der Waals surface area (Å²) in [5.41, 5.74) is 0.720. The average molecular weight is 285 g/mol. The number of benzene rings is 1. The molecule has 0 amide bonds. The lowest BCUT2D eigenvalue weighted by atomic mass is 10.0. The van der Waals surface area contributed by atoms with Crippen LogP contribution in [0.3, 0.4) is 0 Å². The van der Waals surface area contributed by atoms with Gasteiger partial charge in [-0.1, -0.05) is 11.6 Å². The van der Waals surface area contributed by atoms with Gasteiger partial charge in [0.05, 0.1) is 28.8 Å². The number of methoxy groups -OCH3 is 1. The van der Waals surface area contributed by atoms with E-state index >= 15 is 0 Å². The first kappa shape index (κ1) is 13.9. The molecule has 6 heteroatoms. The molecule has 1 aliphatic rings. The molecule has 5 nitrogen and oxygen atoms in total. The van der Waals surface area contributed by atoms with Crippen LogP contribution in [0, 0.1) is 10.1 Å². The second kappa shape index (κ2) is 5.65. The normalized spacial score (nSPS) is 19.3. The smallest absolute Gasteiger partial charge is 0.274 e. The van der Waals surface area contributed by atoms with Crippen molar-refractivity contribution in [2.24, 2.45) is 0 Å². The van der Waals surface area contributed by atoms with Crippen molar-refractivity contribution in [2.45, 2.75) is 32.2 Å². The van der Waals surface area contributed by atoms with Crippen molar-refractivity contribution in [1.29, 1.82) is 0 Å². The van der Waals surface area contributed by atoms with Gasteiger partial charge >= 0.3 is 0 Å². The second-order valence-electron chi connectivity index (χ2n) is 4.77. The fourth-order valence-electron chi connectivity index (χ4n) is 2.53. The molecule has 1 heterocycles. The number of nitrogens with zero attached hydrogens (tertiary/aromatic N) is 2. The van der Waals surface area contributed by atoms with Crippen LogP contribution in [0.2, 0.25) is 5.02 Å². The van der Waals surface area contributed by atoms with Gasteiger partial charge in [-0.3, -0.25) is 10.1 Å². The Morgan fingerprint density at radius 1 is 1.47 bits per heavy atom. The van der Waals surface area contributed by atoms with Crippen LogP contribution in [-0.2, 0) is 0 Å². The summed E-state index contributed by atoms with van der Waals surface area (Å²) in [5.74, 6) is 0.466. The van der Waals surface area contributed by atoms with E-state index < -0.39 is 4.92 Å². The number of nitro benzene ring substituents is 1. The zero-order chi connectivity index (χ0) is 14.0. The number of hydrogen-bond acceptors (Lipinski definition) is 4. The summed E-state index contributed by atoms with van der Waals surface area (Å²) in [7, 11) is 1.51. The lowest BCUT2D eigenvalue weighted by Crippen LogP contribution is -2.37. The summed E-state index contributed by atoms with van der Waals surface area (Å²) in [6.07, 6.45) is 3.39. The van der Waals surface area contributed by atoms with Crippen LogP contribution in [0.5, 0.6) is 5.75 Å². The van der Waals surface area contributed by atoms with Crippen molar-refractivity contribution in [3.63, 3.8) is 0 Å². The third-order valence-corrected chi connectivity index (χ3v) is 3.82. The largest absolute Gasteiger partial charge is 0.494 e. The summed E-state index contributed by atoms with van der Waals surface area (Å²) in [5, 5.41) is 11.2. The SMILES string of the molecule is COc1cc([N+](=O)[O-])cc(Cl)c1N1CCCC[C@@H]1C. The summed E-state index contributed by atoms with van der Waals surface area (Å²) < 4.78 is 5.29. The Labute approximate surface area is 117 Å². The van der Waals surface area contributed by atoms with Crippen LogP contribution < -0.4 is 9.64 Å². The van der Waals surface area contributed by atoms with E-state index in [9.17, 15) is 10.1 Å². The lowest BCUT2D eigenvalue weighted by molar-refractivity contribution is -0.384. The van der Waals surface area contributed by atoms with Gasteiger partial charge in [0.15, 0.2) is 5.75 Å². The Hall–Kier alpha value is -1.49. The minimum absolute atomic E-state index is 0.0461. The quantitative estimate of drug-likeness (QED) is 0.628. The molecule has 1 aromatic rings. The lowest BCUT2D eigenvalue weighted by Gasteiger charge is -2.36. The molecular formula is C13H17ClN2O3. The summed E-state index contributed by atoms with van der Waals surface area (Å²) >= 11 is 6.23. The standard InChI is InChI=1S/C13H17ClN2O3/c1-9-5-3-4-6-15(9)13-11(14)7-10(16(17)18)8-12(13)19-2/h7-9H,3-6H2,1-2H3/t9-/m0/s1. The van der Waals surface area contributed by atoms with E-state index in [0.29, 0.717) is 16.8 Å². The Balaban J connectivity index is 2.46. The van der Waals surface area contributed by atoms with Crippen molar-refractivity contribution in [1.82, 2.24) is 0 Å². The topological polar surface area (TPSA) is 55.6 Å². The third-order valence-electron chi connectivity index (χ3n) is 3.53. The minimum atomic E-state index is -0.461. The second-order valence-corrected chi connectivity index (χ2v) is 5.18. The van der Waals surface area contributed by atoms with Crippen molar-refractivity contribution < 1.29 is 9.66 Å². The van der Waals surface area contributed by atoms with Crippen molar-refractivity contribution in [2.75, 3.05) is 18.6 Å². The summed E-state index contributed by atoms with van der Waals surface area (Å²) in [4.78, 5) is 12.6. The van der Waals surface area contributed by atoms with Crippen LogP contribution in [0.15, 0.2) is 12.1 Å². The third kappa shape index (κ3) is 2.76. The maximum absolute atomic E-state index is 10.9. The van der Waals surface area contributed by atoms with Crippen LogP contribution in [0.4, 0.5) is 11.4 Å². The first-order valence-corrected chi connectivity index (χ1v) is 6.71. The number of halogens is 1. The van der Waals surface area contributed by atoms with Gasteiger partial charge in [0, 0.05) is 18.7 Å². The molecule has 1 fully saturated rings. The highest BCUT2D eigenvalue weighted by Gasteiger charge is 2.26. The Morgan fingerprint density at radius 3 is 2.79 bits per heavy atom. The number of non-ortho nitro benzene ring substituents is 1. The summed E-state index contributed by atoms with van der Waals surface area (Å²) in [6.45, 7) is 3.03. The van der Waals surface area contributed by atoms with Gasteiger partial charge < -0.3 is 9.64 Å². The highest BCUT2D eigenvalue weighted by molar-refractivity contribution is 6.34. The van der Waals surface area contributed by atoms with Gasteiger partial charge in [0.1, 0.15) is 0 Å². The minimum Gasteiger partial charge on any atom is -0.494 e. The van der Waals surface area contributed by atoms with Gasteiger partial charge in [-0.05, 0) is 26.2 Å². The maximum Gasteiger partial charge on any atom is 0.274 e. The Bertz CT molecular complexity index is 493. The van der Waals surface area contributed by atoms with Gasteiger partial charge in [0.25, 0.3) is 5.69 Å². The molecule has 1 atom stereocenters. The number of hydrogen-bond donors (Lipinski definition) is 0. The average Bonchev–Trinajstić information content (AvgIpc) is 2.39. The molecule has 0 unspecified atom stereocenters. The van der Waals surface area contributed by atoms with E-state index in [4.69, 9.17) is 16.3 Å². The van der Waals surface area contributed by atoms with Crippen molar-refractivity contribution in [3.8, 4) is 5.75 Å². The maximum atomic E-state index is 10.9. The van der Waals surface area contributed by atoms with Crippen LogP contribution >= 0.6 is 11.6 Å². The molecule has 0 N–H and O–H groups in total. The fourth-order valence-corrected chi connectivity index (χ4v) is 2.84. The molecule has 0 aliphatic carbocycles. The van der Waals surface area contributed by atoms with Gasteiger partial charge in [0.2, 0.25) is 0 Å². The van der Waals surface area contributed by atoms with Gasteiger partial charge in [-0.15, -0.1) is 0 Å². The number of ether oxygens (including phenoxy) is 1. The molecule has 0 aromatic heterocycles. The van der Waals surface area contributed by atoms with E-state index in [1.54, 1.807) is 0 Å². The molecule has 0 saturated carbocycles. The van der Waals surface area contributed by atoms with E-state index in [-0.39, 0.29) is 5.69 Å². The van der Waals surface area contributed by atoms with E-state index in [0.717, 1.165) is 25.1 Å². The summed E-state index contributed by atoms with van der Waals surface area (Å²) in [6, 6.07) is 3.19. The first-order chi connectivity index (χ1) is 9.04. The highest BCUT2D eigenvalue weighted by Crippen LogP contribution is 2.41.